The Morgan fingerprint density at radius 1 is 1.45 bits per heavy atom. The molecule has 20 heavy (non-hydrogen) atoms. The summed E-state index contributed by atoms with van der Waals surface area (Å²) >= 11 is 0. The van der Waals surface area contributed by atoms with Gasteiger partial charge in [0.2, 0.25) is 0 Å². The quantitative estimate of drug-likeness (QED) is 0.386. The van der Waals surface area contributed by atoms with E-state index in [0.717, 1.165) is 44.3 Å². The van der Waals surface area contributed by atoms with E-state index < -0.39 is 0 Å². The SMILES string of the molecule is CN=C(NCCN(C)CCCOC)NCc1ccon1. The summed E-state index contributed by atoms with van der Waals surface area (Å²) in [5.41, 5.74) is 0.852. The highest BCUT2D eigenvalue weighted by Gasteiger charge is 2.01. The minimum absolute atomic E-state index is 0.597. The first-order valence-electron chi connectivity index (χ1n) is 6.77. The fourth-order valence-electron chi connectivity index (χ4n) is 1.68. The Labute approximate surface area is 120 Å². The summed E-state index contributed by atoms with van der Waals surface area (Å²) in [4.78, 5) is 6.42. The molecule has 0 amide bonds. The molecular weight excluding hydrogens is 258 g/mol. The molecule has 114 valence electrons. The normalized spacial score (nSPS) is 11.9. The number of rotatable bonds is 9. The van der Waals surface area contributed by atoms with E-state index in [1.807, 2.05) is 6.07 Å². The summed E-state index contributed by atoms with van der Waals surface area (Å²) in [5, 5.41) is 10.3. The Morgan fingerprint density at radius 3 is 2.95 bits per heavy atom. The number of ether oxygens (including phenoxy) is 1. The smallest absolute Gasteiger partial charge is 0.191 e. The lowest BCUT2D eigenvalue weighted by atomic mass is 10.4. The second kappa shape index (κ2) is 10.2. The highest BCUT2D eigenvalue weighted by Crippen LogP contribution is 1.92. The number of aliphatic imine (C=N–C) groups is 1. The molecule has 0 bridgehead atoms. The molecule has 2 N–H and O–H groups in total. The monoisotopic (exact) mass is 283 g/mol. The van der Waals surface area contributed by atoms with Crippen LogP contribution in [-0.4, -0.2) is 63.5 Å². The van der Waals surface area contributed by atoms with E-state index >= 15 is 0 Å². The molecule has 0 aromatic carbocycles. The molecule has 0 aliphatic heterocycles. The van der Waals surface area contributed by atoms with Crippen LogP contribution in [-0.2, 0) is 11.3 Å². The first-order chi connectivity index (χ1) is 9.76. The Kier molecular flexibility index (Phi) is 8.41. The molecule has 0 spiro atoms. The minimum Gasteiger partial charge on any atom is -0.385 e. The third-order valence-electron chi connectivity index (χ3n) is 2.83. The van der Waals surface area contributed by atoms with Crippen molar-refractivity contribution < 1.29 is 9.26 Å². The van der Waals surface area contributed by atoms with Gasteiger partial charge in [-0.05, 0) is 13.5 Å². The molecule has 0 aliphatic rings. The van der Waals surface area contributed by atoms with Gasteiger partial charge < -0.3 is 24.8 Å². The van der Waals surface area contributed by atoms with Crippen LogP contribution in [0.25, 0.3) is 0 Å². The molecule has 0 atom stereocenters. The van der Waals surface area contributed by atoms with Crippen molar-refractivity contribution in [2.45, 2.75) is 13.0 Å². The number of guanidine groups is 1. The van der Waals surface area contributed by atoms with Gasteiger partial charge in [0.1, 0.15) is 12.0 Å². The van der Waals surface area contributed by atoms with Crippen LogP contribution in [0.1, 0.15) is 12.1 Å². The summed E-state index contributed by atoms with van der Waals surface area (Å²) in [7, 11) is 5.58. The molecule has 1 aromatic rings. The summed E-state index contributed by atoms with van der Waals surface area (Å²) in [6.07, 6.45) is 2.61. The highest BCUT2D eigenvalue weighted by atomic mass is 16.5. The molecule has 0 unspecified atom stereocenters. The van der Waals surface area contributed by atoms with Crippen molar-refractivity contribution >= 4 is 5.96 Å². The van der Waals surface area contributed by atoms with E-state index in [2.05, 4.69) is 32.7 Å². The van der Waals surface area contributed by atoms with E-state index in [1.54, 1.807) is 20.4 Å². The number of aromatic nitrogens is 1. The van der Waals surface area contributed by atoms with E-state index in [1.165, 1.54) is 0 Å². The van der Waals surface area contributed by atoms with Gasteiger partial charge in [0.15, 0.2) is 5.96 Å². The zero-order valence-electron chi connectivity index (χ0n) is 12.6. The van der Waals surface area contributed by atoms with E-state index in [9.17, 15) is 0 Å². The largest absolute Gasteiger partial charge is 0.385 e. The highest BCUT2D eigenvalue weighted by molar-refractivity contribution is 5.79. The van der Waals surface area contributed by atoms with Crippen molar-refractivity contribution in [3.8, 4) is 0 Å². The van der Waals surface area contributed by atoms with Gasteiger partial charge in [0.25, 0.3) is 0 Å². The number of hydrogen-bond acceptors (Lipinski definition) is 5. The third-order valence-corrected chi connectivity index (χ3v) is 2.83. The molecule has 1 aromatic heterocycles. The Bertz CT molecular complexity index is 367. The molecular formula is C13H25N5O2. The van der Waals surface area contributed by atoms with Gasteiger partial charge in [0.05, 0.1) is 6.54 Å². The van der Waals surface area contributed by atoms with Crippen LogP contribution in [0.5, 0.6) is 0 Å². The van der Waals surface area contributed by atoms with Gasteiger partial charge in [-0.25, -0.2) is 0 Å². The van der Waals surface area contributed by atoms with Gasteiger partial charge in [-0.1, -0.05) is 5.16 Å². The lowest BCUT2D eigenvalue weighted by molar-refractivity contribution is 0.180. The van der Waals surface area contributed by atoms with E-state index in [0.29, 0.717) is 6.54 Å². The lowest BCUT2D eigenvalue weighted by Crippen LogP contribution is -2.40. The van der Waals surface area contributed by atoms with Crippen LogP contribution in [0.3, 0.4) is 0 Å². The van der Waals surface area contributed by atoms with Crippen molar-refractivity contribution in [2.24, 2.45) is 4.99 Å². The van der Waals surface area contributed by atoms with Crippen LogP contribution >= 0.6 is 0 Å². The molecule has 0 saturated heterocycles. The molecule has 1 rings (SSSR count). The van der Waals surface area contributed by atoms with Crippen LogP contribution < -0.4 is 10.6 Å². The van der Waals surface area contributed by atoms with Crippen LogP contribution in [0.15, 0.2) is 21.8 Å². The average molecular weight is 283 g/mol. The maximum atomic E-state index is 5.03. The van der Waals surface area contributed by atoms with E-state index in [-0.39, 0.29) is 0 Å². The second-order valence-electron chi connectivity index (χ2n) is 4.49. The minimum atomic E-state index is 0.597. The Hall–Kier alpha value is -1.60. The molecule has 0 radical (unpaired) electrons. The fourth-order valence-corrected chi connectivity index (χ4v) is 1.68. The van der Waals surface area contributed by atoms with Crippen molar-refractivity contribution in [3.05, 3.63) is 18.0 Å². The number of nitrogens with zero attached hydrogens (tertiary/aromatic N) is 3. The number of nitrogens with one attached hydrogen (secondary N) is 2. The van der Waals surface area contributed by atoms with Crippen molar-refractivity contribution in [2.75, 3.05) is 47.4 Å². The van der Waals surface area contributed by atoms with Gasteiger partial charge in [0, 0.05) is 46.5 Å². The van der Waals surface area contributed by atoms with Gasteiger partial charge in [-0.15, -0.1) is 0 Å². The van der Waals surface area contributed by atoms with Crippen LogP contribution in [0.2, 0.25) is 0 Å². The zero-order chi connectivity index (χ0) is 14.6. The maximum Gasteiger partial charge on any atom is 0.191 e. The second-order valence-corrected chi connectivity index (χ2v) is 4.49. The summed E-state index contributed by atoms with van der Waals surface area (Å²) < 4.78 is 9.81. The Morgan fingerprint density at radius 2 is 2.30 bits per heavy atom. The molecule has 7 heteroatoms. The number of methoxy groups -OCH3 is 1. The van der Waals surface area contributed by atoms with E-state index in [4.69, 9.17) is 9.26 Å². The molecule has 7 nitrogen and oxygen atoms in total. The van der Waals surface area contributed by atoms with Crippen molar-refractivity contribution in [1.82, 2.24) is 20.7 Å². The first kappa shape index (κ1) is 16.5. The zero-order valence-corrected chi connectivity index (χ0v) is 12.6. The molecule has 0 fully saturated rings. The van der Waals surface area contributed by atoms with Crippen LogP contribution in [0, 0.1) is 0 Å². The average Bonchev–Trinajstić information content (AvgIpc) is 2.96. The number of likely N-dealkylation sites (N-methyl/N-ethyl adjacent to an activating group) is 1. The molecule has 0 saturated carbocycles. The fraction of sp³-hybridized carbons (Fsp3) is 0.692. The lowest BCUT2D eigenvalue weighted by Gasteiger charge is -2.17. The topological polar surface area (TPSA) is 74.9 Å². The van der Waals surface area contributed by atoms with Gasteiger partial charge in [-0.3, -0.25) is 4.99 Å². The predicted molar refractivity (Wildman–Crippen MR) is 78.7 cm³/mol. The summed E-state index contributed by atoms with van der Waals surface area (Å²) in [6.45, 7) is 4.22. The summed E-state index contributed by atoms with van der Waals surface area (Å²) in [6, 6.07) is 1.82. The maximum absolute atomic E-state index is 5.03. The van der Waals surface area contributed by atoms with Crippen molar-refractivity contribution in [1.29, 1.82) is 0 Å². The number of hydrogen-bond donors (Lipinski definition) is 2. The summed E-state index contributed by atoms with van der Waals surface area (Å²) in [5.74, 6) is 0.762. The standard InChI is InChI=1S/C13H25N5O2/c1-14-13(16-11-12-5-10-20-17-12)15-6-8-18(2)7-4-9-19-3/h5,10H,4,6-9,11H2,1-3H3,(H2,14,15,16). The Balaban J connectivity index is 2.12. The van der Waals surface area contributed by atoms with Crippen molar-refractivity contribution in [3.63, 3.8) is 0 Å². The molecule has 0 aliphatic carbocycles. The predicted octanol–water partition coefficient (Wildman–Crippen LogP) is 0.308. The van der Waals surface area contributed by atoms with Gasteiger partial charge >= 0.3 is 0 Å². The molecule has 1 heterocycles. The van der Waals surface area contributed by atoms with Crippen LogP contribution in [0.4, 0.5) is 0 Å². The van der Waals surface area contributed by atoms with Gasteiger partial charge in [-0.2, -0.15) is 0 Å². The first-order valence-corrected chi connectivity index (χ1v) is 6.77. The third kappa shape index (κ3) is 7.10.